The SMILES string of the molecule is Cc1cccc(OCc2csc(C(=O)Nc3cc(F)ccc3F)c2)c1C. The van der Waals surface area contributed by atoms with Gasteiger partial charge in [0, 0.05) is 11.6 Å². The first-order valence-electron chi connectivity index (χ1n) is 7.97. The number of carbonyl (C=O) groups is 1. The van der Waals surface area contributed by atoms with Crippen molar-refractivity contribution in [3.63, 3.8) is 0 Å². The van der Waals surface area contributed by atoms with Gasteiger partial charge in [-0.25, -0.2) is 8.78 Å². The quantitative estimate of drug-likeness (QED) is 0.644. The smallest absolute Gasteiger partial charge is 0.265 e. The van der Waals surface area contributed by atoms with Crippen LogP contribution in [0.25, 0.3) is 0 Å². The molecule has 3 nitrogen and oxygen atoms in total. The van der Waals surface area contributed by atoms with E-state index in [0.29, 0.717) is 11.5 Å². The van der Waals surface area contributed by atoms with Gasteiger partial charge >= 0.3 is 0 Å². The molecule has 0 spiro atoms. The van der Waals surface area contributed by atoms with Crippen molar-refractivity contribution in [2.24, 2.45) is 0 Å². The summed E-state index contributed by atoms with van der Waals surface area (Å²) in [7, 11) is 0. The Morgan fingerprint density at radius 2 is 1.96 bits per heavy atom. The lowest BCUT2D eigenvalue weighted by Crippen LogP contribution is -2.11. The zero-order valence-corrected chi connectivity index (χ0v) is 15.1. The molecule has 2 aromatic carbocycles. The van der Waals surface area contributed by atoms with E-state index in [1.807, 2.05) is 37.4 Å². The minimum absolute atomic E-state index is 0.184. The first-order valence-corrected chi connectivity index (χ1v) is 8.85. The van der Waals surface area contributed by atoms with E-state index in [4.69, 9.17) is 4.74 Å². The minimum atomic E-state index is -0.685. The number of ether oxygens (including phenoxy) is 1. The fourth-order valence-electron chi connectivity index (χ4n) is 2.39. The van der Waals surface area contributed by atoms with Gasteiger partial charge in [-0.15, -0.1) is 11.3 Å². The number of halogens is 2. The van der Waals surface area contributed by atoms with Gasteiger partial charge in [0.25, 0.3) is 5.91 Å². The molecule has 0 aliphatic carbocycles. The summed E-state index contributed by atoms with van der Waals surface area (Å²) in [5, 5.41) is 4.19. The fraction of sp³-hybridized carbons (Fsp3) is 0.150. The summed E-state index contributed by atoms with van der Waals surface area (Å²) in [6.07, 6.45) is 0. The Morgan fingerprint density at radius 3 is 2.77 bits per heavy atom. The summed E-state index contributed by atoms with van der Waals surface area (Å²) >= 11 is 1.22. The van der Waals surface area contributed by atoms with Gasteiger partial charge in [0.1, 0.15) is 24.0 Å². The highest BCUT2D eigenvalue weighted by Crippen LogP contribution is 2.24. The van der Waals surface area contributed by atoms with Gasteiger partial charge in [0.15, 0.2) is 0 Å². The molecule has 0 aliphatic heterocycles. The number of rotatable bonds is 5. The molecule has 0 bridgehead atoms. The molecule has 0 unspecified atom stereocenters. The molecule has 1 heterocycles. The van der Waals surface area contributed by atoms with E-state index < -0.39 is 17.5 Å². The van der Waals surface area contributed by atoms with Crippen LogP contribution in [-0.2, 0) is 6.61 Å². The summed E-state index contributed by atoms with van der Waals surface area (Å²) in [6, 6.07) is 10.4. The van der Waals surface area contributed by atoms with E-state index in [1.165, 1.54) is 11.3 Å². The Balaban J connectivity index is 1.66. The summed E-state index contributed by atoms with van der Waals surface area (Å²) < 4.78 is 32.6. The molecule has 0 atom stereocenters. The predicted molar refractivity (Wildman–Crippen MR) is 98.9 cm³/mol. The third-order valence-electron chi connectivity index (χ3n) is 4.00. The zero-order valence-electron chi connectivity index (χ0n) is 14.3. The lowest BCUT2D eigenvalue weighted by atomic mass is 10.1. The number of hydrogen-bond donors (Lipinski definition) is 1. The molecule has 6 heteroatoms. The van der Waals surface area contributed by atoms with Crippen LogP contribution >= 0.6 is 11.3 Å². The van der Waals surface area contributed by atoms with Gasteiger partial charge in [-0.05, 0) is 54.6 Å². The first-order chi connectivity index (χ1) is 12.4. The lowest BCUT2D eigenvalue weighted by Gasteiger charge is -2.09. The molecule has 0 radical (unpaired) electrons. The lowest BCUT2D eigenvalue weighted by molar-refractivity contribution is 0.103. The van der Waals surface area contributed by atoms with Crippen molar-refractivity contribution in [3.8, 4) is 5.75 Å². The second-order valence-electron chi connectivity index (χ2n) is 5.88. The monoisotopic (exact) mass is 373 g/mol. The predicted octanol–water partition coefficient (Wildman–Crippen LogP) is 5.47. The van der Waals surface area contributed by atoms with Crippen molar-refractivity contribution < 1.29 is 18.3 Å². The van der Waals surface area contributed by atoms with Crippen LogP contribution in [-0.4, -0.2) is 5.91 Å². The molecule has 1 aromatic heterocycles. The molecule has 3 aromatic rings. The van der Waals surface area contributed by atoms with Crippen molar-refractivity contribution >= 4 is 22.9 Å². The van der Waals surface area contributed by atoms with Crippen LogP contribution in [0.1, 0.15) is 26.4 Å². The number of amides is 1. The van der Waals surface area contributed by atoms with Crippen LogP contribution in [0.3, 0.4) is 0 Å². The summed E-state index contributed by atoms with van der Waals surface area (Å²) in [5.41, 5.74) is 2.87. The van der Waals surface area contributed by atoms with Crippen LogP contribution in [0.4, 0.5) is 14.5 Å². The number of aryl methyl sites for hydroxylation is 1. The van der Waals surface area contributed by atoms with Gasteiger partial charge in [-0.1, -0.05) is 12.1 Å². The maximum absolute atomic E-state index is 13.6. The molecule has 0 saturated heterocycles. The van der Waals surface area contributed by atoms with Gasteiger partial charge in [0.2, 0.25) is 0 Å². The summed E-state index contributed by atoms with van der Waals surface area (Å²) in [5.74, 6) is -0.994. The highest BCUT2D eigenvalue weighted by molar-refractivity contribution is 7.12. The van der Waals surface area contributed by atoms with E-state index in [-0.39, 0.29) is 5.69 Å². The molecular weight excluding hydrogens is 356 g/mol. The summed E-state index contributed by atoms with van der Waals surface area (Å²) in [6.45, 7) is 4.33. The molecule has 134 valence electrons. The van der Waals surface area contributed by atoms with Gasteiger partial charge in [0.05, 0.1) is 10.6 Å². The topological polar surface area (TPSA) is 38.3 Å². The largest absolute Gasteiger partial charge is 0.489 e. The molecule has 0 fully saturated rings. The Kier molecular flexibility index (Phi) is 5.32. The minimum Gasteiger partial charge on any atom is -0.489 e. The van der Waals surface area contributed by atoms with E-state index >= 15 is 0 Å². The molecule has 1 N–H and O–H groups in total. The van der Waals surface area contributed by atoms with E-state index in [9.17, 15) is 13.6 Å². The average Bonchev–Trinajstić information content (AvgIpc) is 3.08. The first kappa shape index (κ1) is 18.1. The van der Waals surface area contributed by atoms with E-state index in [1.54, 1.807) is 6.07 Å². The van der Waals surface area contributed by atoms with Crippen LogP contribution in [0.5, 0.6) is 5.75 Å². The van der Waals surface area contributed by atoms with Crippen LogP contribution in [0.2, 0.25) is 0 Å². The molecular formula is C20H17F2NO2S. The van der Waals surface area contributed by atoms with Gasteiger partial charge in [-0.2, -0.15) is 0 Å². The van der Waals surface area contributed by atoms with E-state index in [2.05, 4.69) is 5.32 Å². The number of hydrogen-bond acceptors (Lipinski definition) is 3. The van der Waals surface area contributed by atoms with Crippen molar-refractivity contribution in [1.82, 2.24) is 0 Å². The highest BCUT2D eigenvalue weighted by Gasteiger charge is 2.13. The van der Waals surface area contributed by atoms with Gasteiger partial charge < -0.3 is 10.1 Å². The van der Waals surface area contributed by atoms with Gasteiger partial charge in [-0.3, -0.25) is 4.79 Å². The second-order valence-corrected chi connectivity index (χ2v) is 6.80. The van der Waals surface area contributed by atoms with Crippen molar-refractivity contribution in [2.45, 2.75) is 20.5 Å². The van der Waals surface area contributed by atoms with Crippen molar-refractivity contribution in [3.05, 3.63) is 81.0 Å². The molecule has 0 aliphatic rings. The summed E-state index contributed by atoms with van der Waals surface area (Å²) in [4.78, 5) is 12.6. The van der Waals surface area contributed by atoms with Crippen molar-refractivity contribution in [1.29, 1.82) is 0 Å². The van der Waals surface area contributed by atoms with Crippen LogP contribution < -0.4 is 10.1 Å². The Bertz CT molecular complexity index is 953. The maximum Gasteiger partial charge on any atom is 0.265 e. The third kappa shape index (κ3) is 4.08. The zero-order chi connectivity index (χ0) is 18.7. The number of thiophene rings is 1. The molecule has 1 amide bonds. The Morgan fingerprint density at radius 1 is 1.15 bits per heavy atom. The highest BCUT2D eigenvalue weighted by atomic mass is 32.1. The van der Waals surface area contributed by atoms with Crippen LogP contribution in [0.15, 0.2) is 47.8 Å². The normalized spacial score (nSPS) is 10.6. The standard InChI is InChI=1S/C20H17F2NO2S/c1-12-4-3-5-18(13(12)2)25-10-14-8-19(26-11-14)20(24)23-17-9-15(21)6-7-16(17)22/h3-9,11H,10H2,1-2H3,(H,23,24). The Labute approximate surface area is 154 Å². The van der Waals surface area contributed by atoms with E-state index in [0.717, 1.165) is 40.6 Å². The van der Waals surface area contributed by atoms with Crippen molar-refractivity contribution in [2.75, 3.05) is 5.32 Å². The fourth-order valence-corrected chi connectivity index (χ4v) is 3.18. The number of carbonyl (C=O) groups excluding carboxylic acids is 1. The number of anilines is 1. The maximum atomic E-state index is 13.6. The molecule has 26 heavy (non-hydrogen) atoms. The second kappa shape index (κ2) is 7.66. The molecule has 3 rings (SSSR count). The number of benzene rings is 2. The number of nitrogens with one attached hydrogen (secondary N) is 1. The average molecular weight is 373 g/mol. The third-order valence-corrected chi connectivity index (χ3v) is 4.98. The van der Waals surface area contributed by atoms with Crippen LogP contribution in [0, 0.1) is 25.5 Å². The Hall–Kier alpha value is -2.73. The molecule has 0 saturated carbocycles.